The van der Waals surface area contributed by atoms with Gasteiger partial charge in [-0.2, -0.15) is 0 Å². The molecule has 1 aliphatic carbocycles. The Hall–Kier alpha value is -1.37. The number of amides is 1. The SMILES string of the molecule is CC1(c2cc(CCC(C)(C(N)=O)S(C)(=O)=O)no2)CC1. The average molecular weight is 300 g/mol. The van der Waals surface area contributed by atoms with Crippen LogP contribution in [0.2, 0.25) is 0 Å². The van der Waals surface area contributed by atoms with E-state index in [1.165, 1.54) is 6.92 Å². The number of nitrogens with two attached hydrogens (primary N) is 1. The first-order chi connectivity index (χ1) is 9.08. The quantitative estimate of drug-likeness (QED) is 0.842. The van der Waals surface area contributed by atoms with Crippen molar-refractivity contribution < 1.29 is 17.7 Å². The Morgan fingerprint density at radius 2 is 2.15 bits per heavy atom. The number of aryl methyl sites for hydroxylation is 1. The number of carbonyl (C=O) groups excluding carboxylic acids is 1. The largest absolute Gasteiger partial charge is 0.368 e. The fraction of sp³-hybridized carbons (Fsp3) is 0.692. The van der Waals surface area contributed by atoms with E-state index in [0.29, 0.717) is 12.1 Å². The summed E-state index contributed by atoms with van der Waals surface area (Å²) in [6.07, 6.45) is 3.61. The molecule has 1 heterocycles. The summed E-state index contributed by atoms with van der Waals surface area (Å²) in [4.78, 5) is 11.5. The van der Waals surface area contributed by atoms with E-state index in [1.54, 1.807) is 0 Å². The van der Waals surface area contributed by atoms with Gasteiger partial charge in [-0.3, -0.25) is 4.79 Å². The first-order valence-electron chi connectivity index (χ1n) is 6.54. The highest BCUT2D eigenvalue weighted by Crippen LogP contribution is 2.47. The number of hydrogen-bond acceptors (Lipinski definition) is 5. The molecule has 0 radical (unpaired) electrons. The molecule has 2 rings (SSSR count). The van der Waals surface area contributed by atoms with Crippen LogP contribution in [-0.4, -0.2) is 30.5 Å². The first-order valence-corrected chi connectivity index (χ1v) is 8.43. The number of sulfone groups is 1. The molecule has 0 aromatic carbocycles. The maximum atomic E-state index is 11.7. The summed E-state index contributed by atoms with van der Waals surface area (Å²) in [5.74, 6) is -0.00879. The van der Waals surface area contributed by atoms with Crippen LogP contribution >= 0.6 is 0 Å². The molecular formula is C13H20N2O4S. The molecular weight excluding hydrogens is 280 g/mol. The molecule has 0 aliphatic heterocycles. The second kappa shape index (κ2) is 4.58. The molecule has 0 bridgehead atoms. The highest BCUT2D eigenvalue weighted by Gasteiger charge is 2.44. The molecule has 1 aromatic rings. The van der Waals surface area contributed by atoms with Crippen molar-refractivity contribution in [3.05, 3.63) is 17.5 Å². The van der Waals surface area contributed by atoms with Crippen LogP contribution in [-0.2, 0) is 26.5 Å². The molecule has 0 saturated heterocycles. The predicted octanol–water partition coefficient (Wildman–Crippen LogP) is 0.947. The standard InChI is InChI=1S/C13H20N2O4S/c1-12(6-7-12)10-8-9(15-19-10)4-5-13(2,11(14)16)20(3,17)18/h8H,4-7H2,1-3H3,(H2,14,16). The molecule has 6 nitrogen and oxygen atoms in total. The molecule has 1 aliphatic rings. The molecule has 1 fully saturated rings. The highest BCUT2D eigenvalue weighted by atomic mass is 32.2. The number of hydrogen-bond donors (Lipinski definition) is 1. The van der Waals surface area contributed by atoms with Crippen molar-refractivity contribution in [2.75, 3.05) is 6.26 Å². The average Bonchev–Trinajstić information content (AvgIpc) is 2.91. The van der Waals surface area contributed by atoms with Crippen LogP contribution in [0.25, 0.3) is 0 Å². The van der Waals surface area contributed by atoms with Gasteiger partial charge in [0, 0.05) is 17.7 Å². The number of aromatic nitrogens is 1. The number of carbonyl (C=O) groups is 1. The van der Waals surface area contributed by atoms with Gasteiger partial charge >= 0.3 is 0 Å². The fourth-order valence-corrected chi connectivity index (χ4v) is 2.84. The Balaban J connectivity index is 2.11. The molecule has 1 amide bonds. The van der Waals surface area contributed by atoms with E-state index in [-0.39, 0.29) is 11.8 Å². The lowest BCUT2D eigenvalue weighted by molar-refractivity contribution is -0.120. The lowest BCUT2D eigenvalue weighted by atomic mass is 10.0. The van der Waals surface area contributed by atoms with Gasteiger partial charge < -0.3 is 10.3 Å². The van der Waals surface area contributed by atoms with Crippen LogP contribution in [0.15, 0.2) is 10.6 Å². The van der Waals surface area contributed by atoms with Gasteiger partial charge in [0.05, 0.1) is 5.69 Å². The first kappa shape index (κ1) is 15.0. The van der Waals surface area contributed by atoms with Gasteiger partial charge in [-0.25, -0.2) is 8.42 Å². The summed E-state index contributed by atoms with van der Waals surface area (Å²) in [6.45, 7) is 3.45. The molecule has 112 valence electrons. The predicted molar refractivity (Wildman–Crippen MR) is 73.9 cm³/mol. The zero-order valence-corrected chi connectivity index (χ0v) is 12.8. The molecule has 1 unspecified atom stereocenters. The molecule has 0 spiro atoms. The smallest absolute Gasteiger partial charge is 0.238 e. The third-order valence-electron chi connectivity index (χ3n) is 4.35. The van der Waals surface area contributed by atoms with E-state index in [2.05, 4.69) is 12.1 Å². The minimum absolute atomic E-state index is 0.0784. The second-order valence-electron chi connectivity index (χ2n) is 6.11. The van der Waals surface area contributed by atoms with Gasteiger partial charge in [-0.05, 0) is 32.6 Å². The van der Waals surface area contributed by atoms with Crippen LogP contribution in [0.1, 0.15) is 44.6 Å². The summed E-state index contributed by atoms with van der Waals surface area (Å²) in [5, 5.41) is 3.95. The van der Waals surface area contributed by atoms with Gasteiger partial charge in [0.15, 0.2) is 9.84 Å². The number of primary amides is 1. The van der Waals surface area contributed by atoms with E-state index < -0.39 is 20.5 Å². The third kappa shape index (κ3) is 2.59. The third-order valence-corrected chi connectivity index (χ3v) is 6.39. The van der Waals surface area contributed by atoms with E-state index in [4.69, 9.17) is 10.3 Å². The maximum Gasteiger partial charge on any atom is 0.238 e. The van der Waals surface area contributed by atoms with Crippen LogP contribution in [0.4, 0.5) is 0 Å². The van der Waals surface area contributed by atoms with Crippen molar-refractivity contribution in [1.29, 1.82) is 0 Å². The normalized spacial score (nSPS) is 20.4. The van der Waals surface area contributed by atoms with Gasteiger partial charge in [-0.1, -0.05) is 12.1 Å². The van der Waals surface area contributed by atoms with Crippen molar-refractivity contribution in [3.8, 4) is 0 Å². The summed E-state index contributed by atoms with van der Waals surface area (Å²) in [5.41, 5.74) is 5.98. The second-order valence-corrected chi connectivity index (χ2v) is 8.56. The summed E-state index contributed by atoms with van der Waals surface area (Å²) >= 11 is 0. The Morgan fingerprint density at radius 3 is 2.60 bits per heavy atom. The van der Waals surface area contributed by atoms with E-state index in [1.807, 2.05) is 6.07 Å². The van der Waals surface area contributed by atoms with Crippen LogP contribution < -0.4 is 5.73 Å². The van der Waals surface area contributed by atoms with Crippen molar-refractivity contribution >= 4 is 15.7 Å². The fourth-order valence-electron chi connectivity index (χ4n) is 2.01. The van der Waals surface area contributed by atoms with Gasteiger partial charge in [-0.15, -0.1) is 0 Å². The summed E-state index contributed by atoms with van der Waals surface area (Å²) < 4.78 is 27.2. The highest BCUT2D eigenvalue weighted by molar-refractivity contribution is 7.92. The van der Waals surface area contributed by atoms with Crippen LogP contribution in [0.5, 0.6) is 0 Å². The van der Waals surface area contributed by atoms with Crippen molar-refractivity contribution in [2.45, 2.75) is 49.7 Å². The Morgan fingerprint density at radius 1 is 1.55 bits per heavy atom. The van der Waals surface area contributed by atoms with Crippen molar-refractivity contribution in [1.82, 2.24) is 5.16 Å². The minimum atomic E-state index is -3.58. The Bertz CT molecular complexity index is 631. The van der Waals surface area contributed by atoms with Crippen LogP contribution in [0.3, 0.4) is 0 Å². The molecule has 1 atom stereocenters. The van der Waals surface area contributed by atoms with E-state index >= 15 is 0 Å². The Labute approximate surface area is 118 Å². The summed E-state index contributed by atoms with van der Waals surface area (Å²) in [6, 6.07) is 1.84. The lowest BCUT2D eigenvalue weighted by Gasteiger charge is -2.23. The molecule has 7 heteroatoms. The monoisotopic (exact) mass is 300 g/mol. The number of rotatable bonds is 6. The van der Waals surface area contributed by atoms with E-state index in [0.717, 1.165) is 24.9 Å². The van der Waals surface area contributed by atoms with E-state index in [9.17, 15) is 13.2 Å². The molecule has 1 saturated carbocycles. The zero-order chi connectivity index (χ0) is 15.2. The number of nitrogens with zero attached hydrogens (tertiary/aromatic N) is 1. The maximum absolute atomic E-state index is 11.7. The molecule has 20 heavy (non-hydrogen) atoms. The lowest BCUT2D eigenvalue weighted by Crippen LogP contribution is -2.47. The topological polar surface area (TPSA) is 103 Å². The van der Waals surface area contributed by atoms with Gasteiger partial charge in [0.25, 0.3) is 0 Å². The van der Waals surface area contributed by atoms with Crippen molar-refractivity contribution in [3.63, 3.8) is 0 Å². The zero-order valence-electron chi connectivity index (χ0n) is 12.0. The Kier molecular flexibility index (Phi) is 3.44. The van der Waals surface area contributed by atoms with Crippen molar-refractivity contribution in [2.24, 2.45) is 5.73 Å². The van der Waals surface area contributed by atoms with Gasteiger partial charge in [0.1, 0.15) is 10.5 Å². The van der Waals surface area contributed by atoms with Crippen LogP contribution in [0, 0.1) is 0 Å². The molecule has 1 aromatic heterocycles. The minimum Gasteiger partial charge on any atom is -0.368 e. The van der Waals surface area contributed by atoms with Gasteiger partial charge in [0.2, 0.25) is 5.91 Å². The molecule has 2 N–H and O–H groups in total. The summed E-state index contributed by atoms with van der Waals surface area (Å²) in [7, 11) is -3.58.